The molecule has 0 aliphatic rings. The SMILES string of the molecule is CCCc1cc(=O)[nH]c(SCC/C(N)=N/O)n1. The lowest BCUT2D eigenvalue weighted by molar-refractivity contribution is 0.317. The van der Waals surface area contributed by atoms with Gasteiger partial charge in [0, 0.05) is 23.9 Å². The van der Waals surface area contributed by atoms with Crippen LogP contribution in [0.4, 0.5) is 0 Å². The van der Waals surface area contributed by atoms with Gasteiger partial charge in [-0.25, -0.2) is 4.98 Å². The van der Waals surface area contributed by atoms with Gasteiger partial charge in [0.1, 0.15) is 5.84 Å². The number of hydrogen-bond acceptors (Lipinski definition) is 5. The molecule has 94 valence electrons. The smallest absolute Gasteiger partial charge is 0.251 e. The van der Waals surface area contributed by atoms with E-state index in [9.17, 15) is 4.79 Å². The first-order valence-corrected chi connectivity index (χ1v) is 6.33. The summed E-state index contributed by atoms with van der Waals surface area (Å²) in [5.74, 6) is 0.776. The van der Waals surface area contributed by atoms with Crippen LogP contribution < -0.4 is 11.3 Å². The molecule has 1 heterocycles. The van der Waals surface area contributed by atoms with Gasteiger partial charge >= 0.3 is 0 Å². The molecular weight excluding hydrogens is 240 g/mol. The Morgan fingerprint density at radius 1 is 1.71 bits per heavy atom. The second-order valence-electron chi connectivity index (χ2n) is 3.48. The van der Waals surface area contributed by atoms with Crippen molar-refractivity contribution in [3.8, 4) is 0 Å². The maximum absolute atomic E-state index is 11.3. The summed E-state index contributed by atoms with van der Waals surface area (Å²) in [7, 11) is 0. The maximum Gasteiger partial charge on any atom is 0.251 e. The van der Waals surface area contributed by atoms with E-state index in [1.54, 1.807) is 0 Å². The first-order chi connectivity index (χ1) is 8.15. The quantitative estimate of drug-likeness (QED) is 0.175. The molecule has 1 aromatic heterocycles. The first kappa shape index (κ1) is 13.6. The van der Waals surface area contributed by atoms with Gasteiger partial charge in [-0.1, -0.05) is 30.3 Å². The number of amidine groups is 1. The van der Waals surface area contributed by atoms with E-state index in [0.29, 0.717) is 17.3 Å². The van der Waals surface area contributed by atoms with E-state index in [0.717, 1.165) is 18.5 Å². The Kier molecular flexibility index (Phi) is 5.55. The van der Waals surface area contributed by atoms with E-state index in [4.69, 9.17) is 10.9 Å². The summed E-state index contributed by atoms with van der Waals surface area (Å²) < 4.78 is 0. The van der Waals surface area contributed by atoms with Crippen LogP contribution in [0.5, 0.6) is 0 Å². The number of aromatic amines is 1. The average molecular weight is 256 g/mol. The summed E-state index contributed by atoms with van der Waals surface area (Å²) >= 11 is 1.38. The molecule has 1 aromatic rings. The molecule has 4 N–H and O–H groups in total. The number of nitrogens with one attached hydrogen (secondary N) is 1. The number of H-pyrrole nitrogens is 1. The van der Waals surface area contributed by atoms with Gasteiger partial charge in [0.05, 0.1) is 0 Å². The molecule has 0 amide bonds. The molecule has 0 spiro atoms. The fourth-order valence-corrected chi connectivity index (χ4v) is 2.10. The fourth-order valence-electron chi connectivity index (χ4n) is 1.24. The van der Waals surface area contributed by atoms with Crippen molar-refractivity contribution >= 4 is 17.6 Å². The molecule has 0 unspecified atom stereocenters. The number of aryl methyl sites for hydroxylation is 1. The van der Waals surface area contributed by atoms with Crippen LogP contribution >= 0.6 is 11.8 Å². The zero-order valence-corrected chi connectivity index (χ0v) is 10.5. The predicted octanol–water partition coefficient (Wildman–Crippen LogP) is 0.951. The van der Waals surface area contributed by atoms with E-state index in [2.05, 4.69) is 15.1 Å². The number of aromatic nitrogens is 2. The van der Waals surface area contributed by atoms with Gasteiger partial charge in [-0.05, 0) is 6.42 Å². The van der Waals surface area contributed by atoms with Crippen molar-refractivity contribution < 1.29 is 5.21 Å². The van der Waals surface area contributed by atoms with E-state index in [-0.39, 0.29) is 11.4 Å². The lowest BCUT2D eigenvalue weighted by atomic mass is 10.2. The Bertz CT molecular complexity index is 444. The Balaban J connectivity index is 2.61. The number of nitrogens with two attached hydrogens (primary N) is 1. The molecular formula is C10H16N4O2S. The normalized spacial score (nSPS) is 11.7. The fraction of sp³-hybridized carbons (Fsp3) is 0.500. The number of oxime groups is 1. The molecule has 0 bridgehead atoms. The first-order valence-electron chi connectivity index (χ1n) is 5.35. The number of rotatable bonds is 6. The second-order valence-corrected chi connectivity index (χ2v) is 4.57. The summed E-state index contributed by atoms with van der Waals surface area (Å²) in [6.45, 7) is 2.04. The van der Waals surface area contributed by atoms with Gasteiger partial charge in [0.2, 0.25) is 0 Å². The minimum absolute atomic E-state index is 0.144. The molecule has 0 aliphatic heterocycles. The number of nitrogens with zero attached hydrogens (tertiary/aromatic N) is 2. The largest absolute Gasteiger partial charge is 0.409 e. The van der Waals surface area contributed by atoms with E-state index in [1.807, 2.05) is 6.92 Å². The molecule has 0 fully saturated rings. The van der Waals surface area contributed by atoms with E-state index in [1.165, 1.54) is 17.8 Å². The summed E-state index contributed by atoms with van der Waals surface area (Å²) in [4.78, 5) is 18.3. The molecule has 0 saturated carbocycles. The summed E-state index contributed by atoms with van der Waals surface area (Å²) in [5, 5.41) is 11.8. The third kappa shape index (κ3) is 4.90. The van der Waals surface area contributed by atoms with E-state index < -0.39 is 0 Å². The highest BCUT2D eigenvalue weighted by atomic mass is 32.2. The van der Waals surface area contributed by atoms with Crippen molar-refractivity contribution in [1.82, 2.24) is 9.97 Å². The summed E-state index contributed by atoms with van der Waals surface area (Å²) in [6.07, 6.45) is 2.19. The van der Waals surface area contributed by atoms with Crippen molar-refractivity contribution in [2.75, 3.05) is 5.75 Å². The molecule has 6 nitrogen and oxygen atoms in total. The highest BCUT2D eigenvalue weighted by Gasteiger charge is 2.02. The zero-order valence-electron chi connectivity index (χ0n) is 9.64. The standard InChI is InChI=1S/C10H16N4O2S/c1-2-3-7-6-9(15)13-10(12-7)17-5-4-8(11)14-16/h6,16H,2-5H2,1H3,(H2,11,14)(H,12,13,15). The number of thioether (sulfide) groups is 1. The summed E-state index contributed by atoms with van der Waals surface area (Å²) in [6, 6.07) is 1.51. The lowest BCUT2D eigenvalue weighted by Crippen LogP contribution is -2.13. The van der Waals surface area contributed by atoms with Crippen molar-refractivity contribution in [3.05, 3.63) is 22.1 Å². The lowest BCUT2D eigenvalue weighted by Gasteiger charge is -2.02. The van der Waals surface area contributed by atoms with Crippen LogP contribution in [0.3, 0.4) is 0 Å². The number of hydrogen-bond donors (Lipinski definition) is 3. The second kappa shape index (κ2) is 6.95. The molecule has 0 aromatic carbocycles. The van der Waals surface area contributed by atoms with Crippen LogP contribution in [0.1, 0.15) is 25.5 Å². The Morgan fingerprint density at radius 3 is 3.12 bits per heavy atom. The molecule has 1 rings (SSSR count). The average Bonchev–Trinajstić information content (AvgIpc) is 2.28. The molecule has 0 aliphatic carbocycles. The topological polar surface area (TPSA) is 104 Å². The highest BCUT2D eigenvalue weighted by molar-refractivity contribution is 7.99. The Labute approximate surface area is 103 Å². The minimum Gasteiger partial charge on any atom is -0.409 e. The minimum atomic E-state index is -0.144. The zero-order chi connectivity index (χ0) is 12.7. The maximum atomic E-state index is 11.3. The van der Waals surface area contributed by atoms with Crippen molar-refractivity contribution in [2.24, 2.45) is 10.9 Å². The van der Waals surface area contributed by atoms with Crippen LogP contribution in [0.2, 0.25) is 0 Å². The van der Waals surface area contributed by atoms with Crippen LogP contribution in [0, 0.1) is 0 Å². The van der Waals surface area contributed by atoms with Gasteiger partial charge in [-0.2, -0.15) is 0 Å². The van der Waals surface area contributed by atoms with Crippen molar-refractivity contribution in [2.45, 2.75) is 31.3 Å². The third-order valence-corrected chi connectivity index (χ3v) is 2.88. The monoisotopic (exact) mass is 256 g/mol. The van der Waals surface area contributed by atoms with Crippen LogP contribution in [-0.4, -0.2) is 26.8 Å². The Hall–Kier alpha value is -1.50. The predicted molar refractivity (Wildman–Crippen MR) is 67.6 cm³/mol. The summed E-state index contributed by atoms with van der Waals surface area (Å²) in [5.41, 5.74) is 5.99. The molecule has 17 heavy (non-hydrogen) atoms. The van der Waals surface area contributed by atoms with Gasteiger partial charge in [-0.3, -0.25) is 4.79 Å². The molecule has 7 heteroatoms. The van der Waals surface area contributed by atoms with Gasteiger partial charge in [0.25, 0.3) is 5.56 Å². The molecule has 0 saturated heterocycles. The molecule has 0 atom stereocenters. The Morgan fingerprint density at radius 2 is 2.47 bits per heavy atom. The van der Waals surface area contributed by atoms with Crippen LogP contribution in [0.25, 0.3) is 0 Å². The van der Waals surface area contributed by atoms with Crippen molar-refractivity contribution in [1.29, 1.82) is 0 Å². The van der Waals surface area contributed by atoms with Gasteiger partial charge < -0.3 is 15.9 Å². The highest BCUT2D eigenvalue weighted by Crippen LogP contribution is 2.12. The van der Waals surface area contributed by atoms with Crippen LogP contribution in [-0.2, 0) is 6.42 Å². The van der Waals surface area contributed by atoms with Crippen LogP contribution in [0.15, 0.2) is 21.2 Å². The van der Waals surface area contributed by atoms with E-state index >= 15 is 0 Å². The van der Waals surface area contributed by atoms with Crippen molar-refractivity contribution in [3.63, 3.8) is 0 Å². The third-order valence-electron chi connectivity index (χ3n) is 2.00. The van der Waals surface area contributed by atoms with Gasteiger partial charge in [-0.15, -0.1) is 0 Å². The van der Waals surface area contributed by atoms with Gasteiger partial charge in [0.15, 0.2) is 5.16 Å². The molecule has 0 radical (unpaired) electrons.